The number of aryl methyl sites for hydroxylation is 3. The Morgan fingerprint density at radius 2 is 1.59 bits per heavy atom. The van der Waals surface area contributed by atoms with Crippen LogP contribution in [0.3, 0.4) is 0 Å². The van der Waals surface area contributed by atoms with E-state index in [4.69, 9.17) is 4.74 Å². The van der Waals surface area contributed by atoms with Crippen LogP contribution in [-0.2, 0) is 0 Å². The summed E-state index contributed by atoms with van der Waals surface area (Å²) in [5.41, 5.74) is 3.88. The largest absolute Gasteiger partial charge is 0.493 e. The molecule has 1 aromatic rings. The summed E-state index contributed by atoms with van der Waals surface area (Å²) in [6.45, 7) is 7.35. The van der Waals surface area contributed by atoms with Crippen molar-refractivity contribution in [3.8, 4) is 5.75 Å². The van der Waals surface area contributed by atoms with Gasteiger partial charge in [-0.2, -0.15) is 0 Å². The highest BCUT2D eigenvalue weighted by Gasteiger charge is 2.15. The molecular weight excluding hydrogens is 208 g/mol. The van der Waals surface area contributed by atoms with Gasteiger partial charge in [-0.3, -0.25) is 0 Å². The van der Waals surface area contributed by atoms with E-state index in [0.29, 0.717) is 0 Å². The summed E-state index contributed by atoms with van der Waals surface area (Å²) in [6.07, 6.45) is 6.90. The van der Waals surface area contributed by atoms with Gasteiger partial charge in [-0.05, 0) is 50.7 Å². The molecule has 0 bridgehead atoms. The molecule has 0 saturated heterocycles. The van der Waals surface area contributed by atoms with Gasteiger partial charge < -0.3 is 4.74 Å². The Morgan fingerprint density at radius 1 is 1.00 bits per heavy atom. The average molecular weight is 232 g/mol. The molecule has 1 nitrogen and oxygen atoms in total. The predicted octanol–water partition coefficient (Wildman–Crippen LogP) is 4.57. The zero-order valence-electron chi connectivity index (χ0n) is 11.4. The summed E-state index contributed by atoms with van der Waals surface area (Å²) < 4.78 is 6.06. The molecule has 0 atom stereocenters. The minimum absolute atomic E-state index is 0.781. The van der Waals surface area contributed by atoms with Gasteiger partial charge >= 0.3 is 0 Å². The van der Waals surface area contributed by atoms with Crippen LogP contribution in [0.1, 0.15) is 48.8 Å². The SMILES string of the molecule is Cc1cc(C)c(OCC2CCCCC2)c(C)c1. The van der Waals surface area contributed by atoms with Crippen molar-refractivity contribution >= 4 is 0 Å². The van der Waals surface area contributed by atoms with Crippen molar-refractivity contribution in [2.75, 3.05) is 6.61 Å². The fourth-order valence-electron chi connectivity index (χ4n) is 2.95. The van der Waals surface area contributed by atoms with Gasteiger partial charge in [0.15, 0.2) is 0 Å². The van der Waals surface area contributed by atoms with Crippen molar-refractivity contribution in [1.82, 2.24) is 0 Å². The van der Waals surface area contributed by atoms with E-state index in [0.717, 1.165) is 18.3 Å². The van der Waals surface area contributed by atoms with Crippen LogP contribution in [0.15, 0.2) is 12.1 Å². The average Bonchev–Trinajstić information content (AvgIpc) is 2.29. The normalized spacial score (nSPS) is 17.1. The van der Waals surface area contributed by atoms with Gasteiger partial charge in [0.2, 0.25) is 0 Å². The topological polar surface area (TPSA) is 9.23 Å². The molecule has 0 spiro atoms. The van der Waals surface area contributed by atoms with E-state index in [1.165, 1.54) is 48.8 Å². The van der Waals surface area contributed by atoms with E-state index in [9.17, 15) is 0 Å². The van der Waals surface area contributed by atoms with E-state index in [1.54, 1.807) is 0 Å². The van der Waals surface area contributed by atoms with Crippen LogP contribution in [-0.4, -0.2) is 6.61 Å². The number of hydrogen-bond donors (Lipinski definition) is 0. The number of hydrogen-bond acceptors (Lipinski definition) is 1. The van der Waals surface area contributed by atoms with E-state index in [1.807, 2.05) is 0 Å². The van der Waals surface area contributed by atoms with Crippen LogP contribution < -0.4 is 4.74 Å². The Labute approximate surface area is 105 Å². The third kappa shape index (κ3) is 3.24. The Bertz CT molecular complexity index is 352. The summed E-state index contributed by atoms with van der Waals surface area (Å²) in [4.78, 5) is 0. The lowest BCUT2D eigenvalue weighted by Crippen LogP contribution is -2.16. The van der Waals surface area contributed by atoms with Crippen LogP contribution in [0, 0.1) is 26.7 Å². The maximum Gasteiger partial charge on any atom is 0.125 e. The molecule has 0 unspecified atom stereocenters. The summed E-state index contributed by atoms with van der Waals surface area (Å²) >= 11 is 0. The molecular formula is C16H24O. The third-order valence-electron chi connectivity index (χ3n) is 3.79. The molecule has 94 valence electrons. The number of rotatable bonds is 3. The van der Waals surface area contributed by atoms with Crippen LogP contribution in [0.2, 0.25) is 0 Å². The van der Waals surface area contributed by atoms with Crippen molar-refractivity contribution in [1.29, 1.82) is 0 Å². The fraction of sp³-hybridized carbons (Fsp3) is 0.625. The van der Waals surface area contributed by atoms with Crippen molar-refractivity contribution in [3.63, 3.8) is 0 Å². The van der Waals surface area contributed by atoms with Gasteiger partial charge in [0.1, 0.15) is 5.75 Å². The lowest BCUT2D eigenvalue weighted by Gasteiger charge is -2.23. The van der Waals surface area contributed by atoms with Crippen molar-refractivity contribution in [3.05, 3.63) is 28.8 Å². The van der Waals surface area contributed by atoms with Crippen molar-refractivity contribution in [2.45, 2.75) is 52.9 Å². The molecule has 1 aliphatic carbocycles. The Balaban J connectivity index is 1.98. The first-order valence-electron chi connectivity index (χ1n) is 6.87. The summed E-state index contributed by atoms with van der Waals surface area (Å²) in [7, 11) is 0. The molecule has 0 N–H and O–H groups in total. The van der Waals surface area contributed by atoms with Gasteiger partial charge in [0, 0.05) is 0 Å². The molecule has 1 saturated carbocycles. The lowest BCUT2D eigenvalue weighted by molar-refractivity contribution is 0.207. The summed E-state index contributed by atoms with van der Waals surface area (Å²) in [5.74, 6) is 1.89. The van der Waals surface area contributed by atoms with E-state index in [-0.39, 0.29) is 0 Å². The highest BCUT2D eigenvalue weighted by Crippen LogP contribution is 2.28. The molecule has 17 heavy (non-hydrogen) atoms. The standard InChI is InChI=1S/C16H24O/c1-12-9-13(2)16(14(3)10-12)17-11-15-7-5-4-6-8-15/h9-10,15H,4-8,11H2,1-3H3. The molecule has 0 heterocycles. The zero-order valence-corrected chi connectivity index (χ0v) is 11.4. The Kier molecular flexibility index (Phi) is 4.09. The molecule has 1 fully saturated rings. The second-order valence-electron chi connectivity index (χ2n) is 5.54. The quantitative estimate of drug-likeness (QED) is 0.741. The molecule has 1 aromatic carbocycles. The van der Waals surface area contributed by atoms with Gasteiger partial charge in [-0.25, -0.2) is 0 Å². The molecule has 1 heteroatoms. The van der Waals surface area contributed by atoms with Crippen LogP contribution in [0.25, 0.3) is 0 Å². The first-order valence-corrected chi connectivity index (χ1v) is 6.87. The van der Waals surface area contributed by atoms with Gasteiger partial charge in [-0.1, -0.05) is 37.0 Å². The minimum Gasteiger partial charge on any atom is -0.493 e. The van der Waals surface area contributed by atoms with Gasteiger partial charge in [0.05, 0.1) is 6.61 Å². The maximum atomic E-state index is 6.06. The summed E-state index contributed by atoms with van der Waals surface area (Å²) in [6, 6.07) is 4.42. The van der Waals surface area contributed by atoms with E-state index in [2.05, 4.69) is 32.9 Å². The Morgan fingerprint density at radius 3 is 2.18 bits per heavy atom. The summed E-state index contributed by atoms with van der Waals surface area (Å²) in [5, 5.41) is 0. The zero-order chi connectivity index (χ0) is 12.3. The lowest BCUT2D eigenvalue weighted by atomic mass is 9.90. The van der Waals surface area contributed by atoms with Gasteiger partial charge in [-0.15, -0.1) is 0 Å². The van der Waals surface area contributed by atoms with Crippen LogP contribution in [0.5, 0.6) is 5.75 Å². The molecule has 0 amide bonds. The monoisotopic (exact) mass is 232 g/mol. The molecule has 0 radical (unpaired) electrons. The smallest absolute Gasteiger partial charge is 0.125 e. The Hall–Kier alpha value is -0.980. The third-order valence-corrected chi connectivity index (χ3v) is 3.79. The highest BCUT2D eigenvalue weighted by molar-refractivity contribution is 5.42. The van der Waals surface area contributed by atoms with Crippen molar-refractivity contribution < 1.29 is 4.74 Å². The number of ether oxygens (including phenoxy) is 1. The van der Waals surface area contributed by atoms with Crippen LogP contribution in [0.4, 0.5) is 0 Å². The minimum atomic E-state index is 0.781. The molecule has 1 aliphatic rings. The highest BCUT2D eigenvalue weighted by atomic mass is 16.5. The molecule has 0 aliphatic heterocycles. The fourth-order valence-corrected chi connectivity index (χ4v) is 2.95. The first kappa shape index (κ1) is 12.5. The molecule has 2 rings (SSSR count). The van der Waals surface area contributed by atoms with Crippen molar-refractivity contribution in [2.24, 2.45) is 5.92 Å². The molecule has 0 aromatic heterocycles. The van der Waals surface area contributed by atoms with Gasteiger partial charge in [0.25, 0.3) is 0 Å². The first-order chi connectivity index (χ1) is 8.16. The number of benzene rings is 1. The van der Waals surface area contributed by atoms with E-state index >= 15 is 0 Å². The predicted molar refractivity (Wildman–Crippen MR) is 72.7 cm³/mol. The van der Waals surface area contributed by atoms with Crippen LogP contribution >= 0.6 is 0 Å². The maximum absolute atomic E-state index is 6.06. The van der Waals surface area contributed by atoms with E-state index < -0.39 is 0 Å². The second-order valence-corrected chi connectivity index (χ2v) is 5.54. The second kappa shape index (κ2) is 5.57.